The van der Waals surface area contributed by atoms with Crippen molar-refractivity contribution in [3.63, 3.8) is 0 Å². The summed E-state index contributed by atoms with van der Waals surface area (Å²) in [5, 5.41) is 13.5. The van der Waals surface area contributed by atoms with E-state index in [0.29, 0.717) is 35.0 Å². The maximum absolute atomic E-state index is 13.5. The highest BCUT2D eigenvalue weighted by atomic mass is 32.1. The number of aromatic nitrogens is 4. The van der Waals surface area contributed by atoms with E-state index in [1.807, 2.05) is 44.2 Å². The van der Waals surface area contributed by atoms with E-state index in [1.54, 1.807) is 29.4 Å². The molecule has 4 heterocycles. The summed E-state index contributed by atoms with van der Waals surface area (Å²) in [4.78, 5) is 72.1. The monoisotopic (exact) mass is 660 g/mol. The first-order chi connectivity index (χ1) is 22.3. The fraction of sp³-hybridized carbons (Fsp3) is 0.375. The van der Waals surface area contributed by atoms with E-state index in [0.717, 1.165) is 5.56 Å². The number of thiazole rings is 2. The van der Waals surface area contributed by atoms with Crippen molar-refractivity contribution in [1.29, 1.82) is 0 Å². The number of carbonyl (C=O) groups excluding carboxylic acids is 4. The molecule has 12 nitrogen and oxygen atoms in total. The topological polar surface area (TPSA) is 159 Å². The van der Waals surface area contributed by atoms with Gasteiger partial charge in [0, 0.05) is 48.9 Å². The third-order valence-electron chi connectivity index (χ3n) is 7.43. The molecule has 3 aromatic heterocycles. The van der Waals surface area contributed by atoms with Crippen molar-refractivity contribution in [3.8, 4) is 0 Å². The first kappa shape index (κ1) is 32.8. The van der Waals surface area contributed by atoms with Gasteiger partial charge in [0.1, 0.15) is 21.4 Å². The molecule has 0 saturated carbocycles. The maximum Gasteiger partial charge on any atom is 0.271 e. The Morgan fingerprint density at radius 3 is 2.46 bits per heavy atom. The molecule has 1 aromatic carbocycles. The number of fused-ring (bicyclic) bond motifs is 4. The summed E-state index contributed by atoms with van der Waals surface area (Å²) in [6.07, 6.45) is 6.16. The fourth-order valence-electron chi connectivity index (χ4n) is 4.99. The Labute approximate surface area is 275 Å². The van der Waals surface area contributed by atoms with Crippen LogP contribution in [0.2, 0.25) is 0 Å². The second kappa shape index (κ2) is 15.6. The van der Waals surface area contributed by atoms with E-state index >= 15 is 0 Å². The van der Waals surface area contributed by atoms with Crippen LogP contribution in [0.25, 0.3) is 0 Å². The third kappa shape index (κ3) is 8.79. The van der Waals surface area contributed by atoms with Gasteiger partial charge in [-0.15, -0.1) is 22.7 Å². The summed E-state index contributed by atoms with van der Waals surface area (Å²) >= 11 is 2.60. The van der Waals surface area contributed by atoms with Crippen LogP contribution in [-0.2, 0) is 22.4 Å². The van der Waals surface area contributed by atoms with E-state index in [4.69, 9.17) is 0 Å². The molecule has 4 bridgehead atoms. The van der Waals surface area contributed by atoms with Gasteiger partial charge in [-0.1, -0.05) is 44.2 Å². The Balaban J connectivity index is 1.42. The largest absolute Gasteiger partial charge is 0.351 e. The van der Waals surface area contributed by atoms with Gasteiger partial charge in [-0.2, -0.15) is 0 Å². The molecule has 0 aliphatic carbocycles. The van der Waals surface area contributed by atoms with Gasteiger partial charge in [0.25, 0.3) is 11.8 Å². The Bertz CT molecular complexity index is 1640. The average molecular weight is 661 g/mol. The van der Waals surface area contributed by atoms with Crippen molar-refractivity contribution >= 4 is 46.3 Å². The summed E-state index contributed by atoms with van der Waals surface area (Å²) in [7, 11) is 0. The van der Waals surface area contributed by atoms with Crippen molar-refractivity contribution in [1.82, 2.24) is 40.8 Å². The van der Waals surface area contributed by atoms with Crippen LogP contribution in [0.5, 0.6) is 0 Å². The van der Waals surface area contributed by atoms with Gasteiger partial charge in [-0.05, 0) is 30.7 Å². The average Bonchev–Trinajstić information content (AvgIpc) is 3.75. The number of amides is 4. The minimum Gasteiger partial charge on any atom is -0.351 e. The zero-order chi connectivity index (χ0) is 32.5. The molecule has 0 spiro atoms. The lowest BCUT2D eigenvalue weighted by Gasteiger charge is -2.24. The summed E-state index contributed by atoms with van der Waals surface area (Å²) in [6, 6.07) is 8.75. The first-order valence-electron chi connectivity index (χ1n) is 15.1. The third-order valence-corrected chi connectivity index (χ3v) is 9.32. The second-order valence-corrected chi connectivity index (χ2v) is 13.0. The van der Waals surface area contributed by atoms with E-state index in [-0.39, 0.29) is 67.0 Å². The van der Waals surface area contributed by atoms with Crippen molar-refractivity contribution in [3.05, 3.63) is 92.3 Å². The zero-order valence-electron chi connectivity index (χ0n) is 25.6. The number of rotatable bonds is 6. The Morgan fingerprint density at radius 1 is 0.978 bits per heavy atom. The van der Waals surface area contributed by atoms with Crippen molar-refractivity contribution < 1.29 is 19.2 Å². The number of benzene rings is 1. The highest BCUT2D eigenvalue weighted by molar-refractivity contribution is 7.10. The molecule has 240 valence electrons. The number of hydrogen-bond donors (Lipinski definition) is 3. The molecule has 46 heavy (non-hydrogen) atoms. The van der Waals surface area contributed by atoms with Crippen molar-refractivity contribution in [2.75, 3.05) is 19.6 Å². The van der Waals surface area contributed by atoms with Crippen LogP contribution in [0.15, 0.2) is 59.7 Å². The minimum atomic E-state index is -0.526. The zero-order valence-corrected chi connectivity index (χ0v) is 27.3. The lowest BCUT2D eigenvalue weighted by Crippen LogP contribution is -2.43. The maximum atomic E-state index is 13.5. The van der Waals surface area contributed by atoms with Crippen LogP contribution in [0, 0.1) is 5.92 Å². The molecule has 0 saturated heterocycles. The summed E-state index contributed by atoms with van der Waals surface area (Å²) < 4.78 is 0. The van der Waals surface area contributed by atoms with Gasteiger partial charge in [-0.3, -0.25) is 29.1 Å². The van der Waals surface area contributed by atoms with Gasteiger partial charge >= 0.3 is 0 Å². The number of nitrogens with zero attached hydrogens (tertiary/aromatic N) is 5. The van der Waals surface area contributed by atoms with E-state index in [2.05, 4.69) is 35.9 Å². The van der Waals surface area contributed by atoms with E-state index < -0.39 is 12.1 Å². The number of aryl methyl sites for hydroxylation is 1. The Morgan fingerprint density at radius 2 is 1.72 bits per heavy atom. The highest BCUT2D eigenvalue weighted by Gasteiger charge is 2.27. The minimum absolute atomic E-state index is 0.000739. The molecule has 4 aromatic rings. The van der Waals surface area contributed by atoms with Gasteiger partial charge in [0.15, 0.2) is 0 Å². The molecule has 4 amide bonds. The van der Waals surface area contributed by atoms with E-state index in [1.165, 1.54) is 27.6 Å². The van der Waals surface area contributed by atoms with Gasteiger partial charge in [0.05, 0.1) is 24.3 Å². The Hall–Kier alpha value is -4.56. The molecule has 0 fully saturated rings. The standard InChI is InChI=1S/C32H36N8O4S2/c1-20(2)28-32-38-24(18-46-32)29(43)35-11-6-14-40(27(42)10-9-22-16-33-12-13-34-22)17-26(41)36-23(15-21-7-4-3-5-8-21)31-37-25(19-45-31)30(44)39-28/h3-5,7-8,12-13,16,18-20,23,28H,6,9-11,14-15,17H2,1-2H3,(H,35,43)(H,36,41)(H,39,44)/t23-,28-/m0/s1. The van der Waals surface area contributed by atoms with Crippen LogP contribution < -0.4 is 16.0 Å². The van der Waals surface area contributed by atoms with Crippen molar-refractivity contribution in [2.45, 2.75) is 51.6 Å². The predicted octanol–water partition coefficient (Wildman–Crippen LogP) is 3.51. The lowest BCUT2D eigenvalue weighted by atomic mass is 10.0. The van der Waals surface area contributed by atoms with Crippen molar-refractivity contribution in [2.24, 2.45) is 5.92 Å². The van der Waals surface area contributed by atoms with Crippen LogP contribution in [0.3, 0.4) is 0 Å². The fourth-order valence-corrected chi connectivity index (χ4v) is 6.86. The summed E-state index contributed by atoms with van der Waals surface area (Å²) in [5.41, 5.74) is 2.15. The van der Waals surface area contributed by atoms with E-state index in [9.17, 15) is 19.2 Å². The first-order valence-corrected chi connectivity index (χ1v) is 16.9. The SMILES string of the molecule is CC(C)[C@@H]1NC(=O)c2csc(n2)[C@H](Cc2ccccc2)NC(=O)CN(C(=O)CCc2cnccn2)CCCNC(=O)c2csc1n2. The molecular weight excluding hydrogens is 625 g/mol. The van der Waals surface area contributed by atoms with Crippen LogP contribution in [0.1, 0.15) is 81.0 Å². The Kier molecular flexibility index (Phi) is 11.2. The molecule has 0 radical (unpaired) electrons. The smallest absolute Gasteiger partial charge is 0.271 e. The summed E-state index contributed by atoms with van der Waals surface area (Å²) in [5.74, 6) is -1.28. The van der Waals surface area contributed by atoms with Crippen LogP contribution in [0.4, 0.5) is 0 Å². The van der Waals surface area contributed by atoms with Gasteiger partial charge in [0.2, 0.25) is 11.8 Å². The number of carbonyl (C=O) groups is 4. The van der Waals surface area contributed by atoms with Gasteiger partial charge < -0.3 is 20.9 Å². The number of nitrogens with one attached hydrogen (secondary N) is 3. The predicted molar refractivity (Wildman–Crippen MR) is 174 cm³/mol. The molecule has 1 aliphatic heterocycles. The van der Waals surface area contributed by atoms with Crippen LogP contribution >= 0.6 is 22.7 Å². The lowest BCUT2D eigenvalue weighted by molar-refractivity contribution is -0.136. The molecule has 3 N–H and O–H groups in total. The molecule has 14 heteroatoms. The molecule has 0 unspecified atom stereocenters. The molecular formula is C32H36N8O4S2. The normalized spacial score (nSPS) is 18.2. The van der Waals surface area contributed by atoms with Crippen LogP contribution in [-0.4, -0.2) is 68.1 Å². The molecule has 5 rings (SSSR count). The molecule has 1 aliphatic rings. The number of hydrogen-bond acceptors (Lipinski definition) is 10. The summed E-state index contributed by atoms with van der Waals surface area (Å²) in [6.45, 7) is 4.31. The highest BCUT2D eigenvalue weighted by Crippen LogP contribution is 2.27. The van der Waals surface area contributed by atoms with Gasteiger partial charge in [-0.25, -0.2) is 9.97 Å². The quantitative estimate of drug-likeness (QED) is 0.283. The molecule has 2 atom stereocenters. The second-order valence-electron chi connectivity index (χ2n) is 11.3.